The van der Waals surface area contributed by atoms with Crippen LogP contribution in [0.4, 0.5) is 14.5 Å². The van der Waals surface area contributed by atoms with Crippen LogP contribution in [0.25, 0.3) is 0 Å². The summed E-state index contributed by atoms with van der Waals surface area (Å²) in [5, 5.41) is 10.2. The largest absolute Gasteiger partial charge is 0.326 e. The van der Waals surface area contributed by atoms with E-state index in [4.69, 9.17) is 5.73 Å². The molecule has 2 N–H and O–H groups in total. The molecule has 0 saturated carbocycles. The molecule has 0 atom stereocenters. The standard InChI is InChI=1S/C7H6F2N2O2/c8-5-1-4(3-10)2-6(7(5)9)11(12)13/h1-2H,3,10H2. The van der Waals surface area contributed by atoms with Gasteiger partial charge in [0.1, 0.15) is 0 Å². The van der Waals surface area contributed by atoms with Crippen molar-refractivity contribution in [2.24, 2.45) is 5.73 Å². The van der Waals surface area contributed by atoms with E-state index in [-0.39, 0.29) is 12.1 Å². The maximum atomic E-state index is 12.7. The van der Waals surface area contributed by atoms with Crippen LogP contribution in [0.1, 0.15) is 5.56 Å². The summed E-state index contributed by atoms with van der Waals surface area (Å²) in [6, 6.07) is 1.75. The summed E-state index contributed by atoms with van der Waals surface area (Å²) < 4.78 is 25.4. The van der Waals surface area contributed by atoms with Crippen LogP contribution < -0.4 is 5.73 Å². The van der Waals surface area contributed by atoms with Crippen LogP contribution in [0.2, 0.25) is 0 Å². The molecule has 0 aliphatic carbocycles. The number of nitro groups is 1. The van der Waals surface area contributed by atoms with Crippen LogP contribution in [0.3, 0.4) is 0 Å². The van der Waals surface area contributed by atoms with Gasteiger partial charge in [-0.2, -0.15) is 4.39 Å². The van der Waals surface area contributed by atoms with Crippen molar-refractivity contribution in [1.29, 1.82) is 0 Å². The minimum atomic E-state index is -1.46. The fourth-order valence-corrected chi connectivity index (χ4v) is 0.880. The highest BCUT2D eigenvalue weighted by molar-refractivity contribution is 5.37. The zero-order valence-corrected chi connectivity index (χ0v) is 6.46. The number of nitro benzene ring substituents is 1. The van der Waals surface area contributed by atoms with Gasteiger partial charge in [-0.05, 0) is 11.6 Å². The van der Waals surface area contributed by atoms with Crippen LogP contribution >= 0.6 is 0 Å². The molecule has 4 nitrogen and oxygen atoms in total. The van der Waals surface area contributed by atoms with Gasteiger partial charge >= 0.3 is 5.69 Å². The molecule has 0 aromatic heterocycles. The molecule has 0 radical (unpaired) electrons. The predicted molar refractivity (Wildman–Crippen MR) is 40.9 cm³/mol. The Morgan fingerprint density at radius 2 is 2.08 bits per heavy atom. The molecule has 0 bridgehead atoms. The molecule has 0 fully saturated rings. The van der Waals surface area contributed by atoms with Gasteiger partial charge in [0.15, 0.2) is 5.82 Å². The summed E-state index contributed by atoms with van der Waals surface area (Å²) in [6.45, 7) is -0.0714. The van der Waals surface area contributed by atoms with Crippen LogP contribution in [-0.4, -0.2) is 4.92 Å². The van der Waals surface area contributed by atoms with Gasteiger partial charge in [0.25, 0.3) is 0 Å². The van der Waals surface area contributed by atoms with Crippen LogP contribution in [0, 0.1) is 21.7 Å². The quantitative estimate of drug-likeness (QED) is 0.562. The zero-order valence-electron chi connectivity index (χ0n) is 6.46. The van der Waals surface area contributed by atoms with Gasteiger partial charge in [0, 0.05) is 12.6 Å². The van der Waals surface area contributed by atoms with E-state index in [9.17, 15) is 18.9 Å². The molecule has 13 heavy (non-hydrogen) atoms. The Balaban J connectivity index is 3.33. The summed E-state index contributed by atoms with van der Waals surface area (Å²) in [6.07, 6.45) is 0. The average Bonchev–Trinajstić information content (AvgIpc) is 2.09. The molecule has 0 aliphatic heterocycles. The first-order valence-electron chi connectivity index (χ1n) is 3.38. The summed E-state index contributed by atoms with van der Waals surface area (Å²) in [4.78, 5) is 9.21. The lowest BCUT2D eigenvalue weighted by Gasteiger charge is -1.99. The van der Waals surface area contributed by atoms with E-state index in [2.05, 4.69) is 0 Å². The third-order valence-corrected chi connectivity index (χ3v) is 1.50. The van der Waals surface area contributed by atoms with Gasteiger partial charge in [0.05, 0.1) is 4.92 Å². The van der Waals surface area contributed by atoms with Gasteiger partial charge in [-0.1, -0.05) is 0 Å². The molecule has 1 rings (SSSR count). The Kier molecular flexibility index (Phi) is 2.52. The third kappa shape index (κ3) is 1.78. The molecular formula is C7H6F2N2O2. The molecule has 6 heteroatoms. The molecule has 0 amide bonds. The number of halogens is 2. The maximum Gasteiger partial charge on any atom is 0.308 e. The maximum absolute atomic E-state index is 12.7. The molecule has 0 saturated heterocycles. The summed E-state index contributed by atoms with van der Waals surface area (Å²) in [7, 11) is 0. The molecule has 0 aliphatic rings. The van der Waals surface area contributed by atoms with Crippen molar-refractivity contribution >= 4 is 5.69 Å². The second-order valence-electron chi connectivity index (χ2n) is 2.37. The number of nitrogens with two attached hydrogens (primary N) is 1. The Morgan fingerprint density at radius 1 is 1.46 bits per heavy atom. The Labute approximate surface area is 72.1 Å². The lowest BCUT2D eigenvalue weighted by Crippen LogP contribution is -2.02. The lowest BCUT2D eigenvalue weighted by atomic mass is 10.2. The second-order valence-corrected chi connectivity index (χ2v) is 2.37. The molecule has 1 aromatic rings. The minimum Gasteiger partial charge on any atom is -0.326 e. The van der Waals surface area contributed by atoms with Gasteiger partial charge in [0.2, 0.25) is 5.82 Å². The minimum absolute atomic E-state index is 0.0714. The van der Waals surface area contributed by atoms with Crippen LogP contribution in [-0.2, 0) is 6.54 Å². The van der Waals surface area contributed by atoms with Crippen molar-refractivity contribution < 1.29 is 13.7 Å². The number of hydrogen-bond donors (Lipinski definition) is 1. The van der Waals surface area contributed by atoms with Gasteiger partial charge in [-0.3, -0.25) is 10.1 Å². The third-order valence-electron chi connectivity index (χ3n) is 1.50. The second kappa shape index (κ2) is 3.44. The molecule has 0 heterocycles. The summed E-state index contributed by atoms with van der Waals surface area (Å²) in [5.74, 6) is -2.71. The summed E-state index contributed by atoms with van der Waals surface area (Å²) >= 11 is 0. The fourth-order valence-electron chi connectivity index (χ4n) is 0.880. The predicted octanol–water partition coefficient (Wildman–Crippen LogP) is 1.33. The Morgan fingerprint density at radius 3 is 2.54 bits per heavy atom. The van der Waals surface area contributed by atoms with Crippen molar-refractivity contribution in [2.75, 3.05) is 0 Å². The van der Waals surface area contributed by atoms with Gasteiger partial charge < -0.3 is 5.73 Å². The van der Waals surface area contributed by atoms with Crippen molar-refractivity contribution in [3.8, 4) is 0 Å². The first-order chi connectivity index (χ1) is 6.06. The van der Waals surface area contributed by atoms with E-state index >= 15 is 0 Å². The number of hydrogen-bond acceptors (Lipinski definition) is 3. The fraction of sp³-hybridized carbons (Fsp3) is 0.143. The number of rotatable bonds is 2. The monoisotopic (exact) mass is 188 g/mol. The zero-order chi connectivity index (χ0) is 10.0. The topological polar surface area (TPSA) is 69.2 Å². The van der Waals surface area contributed by atoms with Crippen molar-refractivity contribution in [3.63, 3.8) is 0 Å². The molecule has 0 spiro atoms. The Bertz CT molecular complexity index is 355. The lowest BCUT2D eigenvalue weighted by molar-refractivity contribution is -0.387. The first kappa shape index (κ1) is 9.53. The van der Waals surface area contributed by atoms with E-state index in [0.717, 1.165) is 12.1 Å². The highest BCUT2D eigenvalue weighted by atomic mass is 19.2. The van der Waals surface area contributed by atoms with Gasteiger partial charge in [-0.25, -0.2) is 4.39 Å². The molecule has 1 aromatic carbocycles. The van der Waals surface area contributed by atoms with E-state index < -0.39 is 22.2 Å². The van der Waals surface area contributed by atoms with Crippen molar-refractivity contribution in [3.05, 3.63) is 39.4 Å². The normalized spacial score (nSPS) is 10.1. The highest BCUT2D eigenvalue weighted by Gasteiger charge is 2.19. The summed E-state index contributed by atoms with van der Waals surface area (Å²) in [5.41, 5.74) is 4.42. The van der Waals surface area contributed by atoms with E-state index in [1.165, 1.54) is 0 Å². The number of benzene rings is 1. The molecule has 70 valence electrons. The SMILES string of the molecule is NCc1cc(F)c(F)c([N+](=O)[O-])c1. The number of nitrogens with zero attached hydrogens (tertiary/aromatic N) is 1. The molecule has 0 unspecified atom stereocenters. The molecular weight excluding hydrogens is 182 g/mol. The average molecular weight is 188 g/mol. The van der Waals surface area contributed by atoms with Crippen molar-refractivity contribution in [2.45, 2.75) is 6.54 Å². The van der Waals surface area contributed by atoms with Crippen LogP contribution in [0.5, 0.6) is 0 Å². The Hall–Kier alpha value is -1.56. The van der Waals surface area contributed by atoms with Crippen LogP contribution in [0.15, 0.2) is 12.1 Å². The van der Waals surface area contributed by atoms with E-state index in [0.29, 0.717) is 0 Å². The van der Waals surface area contributed by atoms with Crippen molar-refractivity contribution in [1.82, 2.24) is 0 Å². The first-order valence-corrected chi connectivity index (χ1v) is 3.38. The smallest absolute Gasteiger partial charge is 0.308 e. The van der Waals surface area contributed by atoms with E-state index in [1.807, 2.05) is 0 Å². The van der Waals surface area contributed by atoms with E-state index in [1.54, 1.807) is 0 Å². The highest BCUT2D eigenvalue weighted by Crippen LogP contribution is 2.21. The van der Waals surface area contributed by atoms with Gasteiger partial charge in [-0.15, -0.1) is 0 Å².